The number of furan rings is 1. The van der Waals surface area contributed by atoms with Crippen molar-refractivity contribution in [2.75, 3.05) is 4.90 Å². The molecule has 0 aliphatic heterocycles. The van der Waals surface area contributed by atoms with Gasteiger partial charge in [-0.1, -0.05) is 153 Å². The highest BCUT2D eigenvalue weighted by molar-refractivity contribution is 6.34. The van der Waals surface area contributed by atoms with E-state index in [0.717, 1.165) is 28.2 Å². The Labute approximate surface area is 361 Å². The summed E-state index contributed by atoms with van der Waals surface area (Å²) in [7, 11) is 0. The minimum Gasteiger partial charge on any atom is -0.456 e. The van der Waals surface area contributed by atoms with Crippen LogP contribution in [0.4, 0.5) is 17.1 Å². The highest BCUT2D eigenvalue weighted by Crippen LogP contribution is 2.51. The van der Waals surface area contributed by atoms with Gasteiger partial charge in [0.25, 0.3) is 0 Å². The Morgan fingerprint density at radius 3 is 1.78 bits per heavy atom. The number of hydrogen-bond donors (Lipinski definition) is 0. The Morgan fingerprint density at radius 2 is 1.00 bits per heavy atom. The van der Waals surface area contributed by atoms with E-state index < -0.39 is 72.5 Å². The fraction of sp³-hybridized carbons (Fsp3) is 0.0526. The predicted molar refractivity (Wildman–Crippen MR) is 249 cm³/mol. The molecule has 0 amide bonds. The smallest absolute Gasteiger partial charge is 0.136 e. The number of nitrogens with zero attached hydrogens (tertiary/aromatic N) is 1. The van der Waals surface area contributed by atoms with Crippen molar-refractivity contribution in [2.24, 2.45) is 0 Å². The zero-order valence-corrected chi connectivity index (χ0v) is 31.9. The first kappa shape index (κ1) is 23.1. The maximum atomic E-state index is 9.93. The fourth-order valence-corrected chi connectivity index (χ4v) is 8.99. The van der Waals surface area contributed by atoms with E-state index in [1.54, 1.807) is 12.1 Å². The van der Waals surface area contributed by atoms with Gasteiger partial charge in [-0.15, -0.1) is 0 Å². The Balaban J connectivity index is 1.10. The van der Waals surface area contributed by atoms with Crippen molar-refractivity contribution in [1.29, 1.82) is 0 Å². The van der Waals surface area contributed by atoms with Crippen LogP contribution in [0.5, 0.6) is 0 Å². The van der Waals surface area contributed by atoms with E-state index in [-0.39, 0.29) is 71.3 Å². The highest BCUT2D eigenvalue weighted by Gasteiger charge is 2.35. The average Bonchev–Trinajstić information content (AvgIpc) is 3.90. The summed E-state index contributed by atoms with van der Waals surface area (Å²) in [6, 6.07) is 33.7. The standard InChI is InChI=1S/C57H39NO/c1-57(2)51-18-10-8-15-45(51)46-31-29-42(35-52(46)57)58(40-25-20-37(21-26-40)36-12-4-3-5-13-36)41-27-22-38(23-28-41)39-24-30-44-48-32-33-54-56(49-17-9-11-19-53(49)59-54)55(48)47-16-7-6-14-43(47)50(44)34-39/h3-35H,1-2H3/i6D,7D,9D,11D,14D,16D,17D,19D,24D,30D,32D,33D,34D. The van der Waals surface area contributed by atoms with Crippen LogP contribution in [-0.2, 0) is 5.41 Å². The molecule has 12 rings (SSSR count). The number of benzene rings is 10. The first-order chi connectivity index (χ1) is 34.4. The molecular formula is C57H39NO. The van der Waals surface area contributed by atoms with E-state index in [1.807, 2.05) is 30.3 Å². The summed E-state index contributed by atoms with van der Waals surface area (Å²) in [5.41, 5.74) is 8.93. The Kier molecular flexibility index (Phi) is 5.01. The second kappa shape index (κ2) is 12.8. The van der Waals surface area contributed by atoms with E-state index in [0.29, 0.717) is 5.56 Å². The molecule has 2 nitrogen and oxygen atoms in total. The van der Waals surface area contributed by atoms with Crippen molar-refractivity contribution in [3.63, 3.8) is 0 Å². The normalized spacial score (nSPS) is 16.1. The fourth-order valence-electron chi connectivity index (χ4n) is 8.99. The molecule has 10 aromatic carbocycles. The number of rotatable bonds is 5. The van der Waals surface area contributed by atoms with Crippen molar-refractivity contribution >= 4 is 71.3 Å². The van der Waals surface area contributed by atoms with Gasteiger partial charge in [-0.25, -0.2) is 0 Å². The molecule has 0 fully saturated rings. The number of hydrogen-bond acceptors (Lipinski definition) is 2. The van der Waals surface area contributed by atoms with Gasteiger partial charge in [-0.05, 0) is 132 Å². The number of para-hydroxylation sites is 1. The van der Waals surface area contributed by atoms with Crippen LogP contribution in [0.15, 0.2) is 204 Å². The molecule has 1 aliphatic rings. The lowest BCUT2D eigenvalue weighted by Gasteiger charge is -2.28. The van der Waals surface area contributed by atoms with Gasteiger partial charge in [-0.3, -0.25) is 0 Å². The first-order valence-corrected chi connectivity index (χ1v) is 19.4. The number of anilines is 3. The highest BCUT2D eigenvalue weighted by atomic mass is 16.3. The predicted octanol–water partition coefficient (Wildman–Crippen LogP) is 16.2. The lowest BCUT2D eigenvalue weighted by Crippen LogP contribution is -2.16. The van der Waals surface area contributed by atoms with Crippen molar-refractivity contribution in [1.82, 2.24) is 0 Å². The van der Waals surface area contributed by atoms with E-state index in [1.165, 1.54) is 22.3 Å². The molecule has 0 saturated heterocycles. The lowest BCUT2D eigenvalue weighted by atomic mass is 9.82. The van der Waals surface area contributed by atoms with E-state index in [9.17, 15) is 8.22 Å². The minimum absolute atomic E-state index is 0.00417. The first-order valence-electron chi connectivity index (χ1n) is 25.9. The zero-order valence-electron chi connectivity index (χ0n) is 44.9. The van der Waals surface area contributed by atoms with Crippen LogP contribution >= 0.6 is 0 Å². The molecule has 278 valence electrons. The van der Waals surface area contributed by atoms with Crippen LogP contribution in [0.25, 0.3) is 87.6 Å². The van der Waals surface area contributed by atoms with Gasteiger partial charge in [0, 0.05) is 38.6 Å². The van der Waals surface area contributed by atoms with E-state index in [4.69, 9.17) is 14.0 Å². The Hall–Kier alpha value is -7.42. The molecule has 0 saturated carbocycles. The molecule has 1 heterocycles. The van der Waals surface area contributed by atoms with Crippen molar-refractivity contribution < 1.29 is 22.2 Å². The van der Waals surface area contributed by atoms with Gasteiger partial charge >= 0.3 is 0 Å². The van der Waals surface area contributed by atoms with Gasteiger partial charge in [0.2, 0.25) is 0 Å². The largest absolute Gasteiger partial charge is 0.456 e. The average molecular weight is 767 g/mol. The molecule has 0 atom stereocenters. The van der Waals surface area contributed by atoms with Crippen LogP contribution in [0, 0.1) is 0 Å². The Morgan fingerprint density at radius 1 is 0.424 bits per heavy atom. The summed E-state index contributed by atoms with van der Waals surface area (Å²) in [6.07, 6.45) is 0. The monoisotopic (exact) mass is 766 g/mol. The molecule has 0 spiro atoms. The van der Waals surface area contributed by atoms with Crippen molar-refractivity contribution in [3.8, 4) is 33.4 Å². The number of fused-ring (bicyclic) bond motifs is 13. The summed E-state index contributed by atoms with van der Waals surface area (Å²) in [5, 5.41) is -1.23. The maximum absolute atomic E-state index is 9.93. The molecule has 59 heavy (non-hydrogen) atoms. The van der Waals surface area contributed by atoms with Crippen LogP contribution < -0.4 is 4.90 Å². The van der Waals surface area contributed by atoms with Crippen LogP contribution in [0.2, 0.25) is 0 Å². The summed E-state index contributed by atoms with van der Waals surface area (Å²) in [4.78, 5) is 2.14. The van der Waals surface area contributed by atoms with Gasteiger partial charge in [0.1, 0.15) is 11.2 Å². The van der Waals surface area contributed by atoms with Crippen LogP contribution in [0.1, 0.15) is 42.8 Å². The van der Waals surface area contributed by atoms with E-state index in [2.05, 4.69) is 97.6 Å². The zero-order chi connectivity index (χ0) is 50.6. The van der Waals surface area contributed by atoms with Gasteiger partial charge in [-0.2, -0.15) is 0 Å². The Bertz CT molecular complexity index is 4190. The SMILES string of the molecule is [2H]c1c([2H])c([2H])c2c(oc3c([2H])c([2H])c4c5c([2H])c([2H])c(-c6ccc(N(c7ccc(-c8ccccc8)cc7)c7ccc8c(c7)C(C)(C)c7ccccc7-8)cc6)c([2H])c5c5c([2H])c([2H])c([2H])c([2H])c5c4c32)c1[2H]. The molecule has 0 N–H and O–H groups in total. The minimum atomic E-state index is -0.640. The van der Waals surface area contributed by atoms with Gasteiger partial charge in [0.05, 0.1) is 17.8 Å². The third-order valence-corrected chi connectivity index (χ3v) is 11.9. The molecular weight excluding hydrogens is 715 g/mol. The van der Waals surface area contributed by atoms with Crippen LogP contribution in [-0.4, -0.2) is 0 Å². The molecule has 11 aromatic rings. The lowest BCUT2D eigenvalue weighted by molar-refractivity contribution is 0.660. The quantitative estimate of drug-likeness (QED) is 0.162. The summed E-state index contributed by atoms with van der Waals surface area (Å²) >= 11 is 0. The topological polar surface area (TPSA) is 16.4 Å². The molecule has 0 bridgehead atoms. The second-order valence-corrected chi connectivity index (χ2v) is 15.5. The third-order valence-electron chi connectivity index (χ3n) is 11.9. The van der Waals surface area contributed by atoms with E-state index >= 15 is 0 Å². The molecule has 0 unspecified atom stereocenters. The molecule has 2 heteroatoms. The summed E-state index contributed by atoms with van der Waals surface area (Å²) in [5.74, 6) is 0. The third kappa shape index (κ3) is 5.13. The van der Waals surface area contributed by atoms with Gasteiger partial charge in [0.15, 0.2) is 0 Å². The van der Waals surface area contributed by atoms with Crippen LogP contribution in [0.3, 0.4) is 0 Å². The van der Waals surface area contributed by atoms with Crippen molar-refractivity contribution in [2.45, 2.75) is 19.3 Å². The second-order valence-electron chi connectivity index (χ2n) is 15.5. The summed E-state index contributed by atoms with van der Waals surface area (Å²) in [6.45, 7) is 4.46. The maximum Gasteiger partial charge on any atom is 0.136 e. The molecule has 0 radical (unpaired) electrons. The van der Waals surface area contributed by atoms with Crippen molar-refractivity contribution in [3.05, 3.63) is 211 Å². The molecule has 1 aliphatic carbocycles. The van der Waals surface area contributed by atoms with Gasteiger partial charge < -0.3 is 9.32 Å². The summed E-state index contributed by atoms with van der Waals surface area (Å²) < 4.78 is 124. The molecule has 1 aromatic heterocycles.